The third kappa shape index (κ3) is 1.78. The quantitative estimate of drug-likeness (QED) is 0.697. The summed E-state index contributed by atoms with van der Waals surface area (Å²) in [5, 5.41) is 0. The van der Waals surface area contributed by atoms with E-state index in [1.165, 1.54) is 0 Å². The van der Waals surface area contributed by atoms with E-state index in [2.05, 4.69) is 0 Å². The smallest absolute Gasteiger partial charge is 0.159 e. The third-order valence-corrected chi connectivity index (χ3v) is 3.18. The van der Waals surface area contributed by atoms with E-state index in [4.69, 9.17) is 9.47 Å². The summed E-state index contributed by atoms with van der Waals surface area (Å²) in [6.45, 7) is 0. The monoisotopic (exact) mass is 208 g/mol. The van der Waals surface area contributed by atoms with Crippen LogP contribution in [-0.2, 0) is 14.3 Å². The minimum atomic E-state index is 0.274. The lowest BCUT2D eigenvalue weighted by Crippen LogP contribution is -2.23. The van der Waals surface area contributed by atoms with Crippen LogP contribution in [-0.4, -0.2) is 20.0 Å². The highest BCUT2D eigenvalue weighted by molar-refractivity contribution is 5.97. The van der Waals surface area contributed by atoms with E-state index in [1.54, 1.807) is 14.2 Å². The van der Waals surface area contributed by atoms with E-state index in [0.29, 0.717) is 18.1 Å². The summed E-state index contributed by atoms with van der Waals surface area (Å²) in [5.74, 6) is 2.19. The van der Waals surface area contributed by atoms with Crippen LogP contribution in [0.5, 0.6) is 0 Å². The SMILES string of the molecule is COC1=C(OC)CC2CCCC(=O)C2=C1. The van der Waals surface area contributed by atoms with E-state index in [9.17, 15) is 4.79 Å². The Bertz CT molecular complexity index is 339. The second-order valence-corrected chi connectivity index (χ2v) is 4.01. The molecule has 2 aliphatic carbocycles. The van der Waals surface area contributed by atoms with Crippen LogP contribution in [0.15, 0.2) is 23.2 Å². The van der Waals surface area contributed by atoms with Crippen LogP contribution in [0.3, 0.4) is 0 Å². The average Bonchev–Trinajstić information content (AvgIpc) is 2.28. The number of carbonyl (C=O) groups is 1. The van der Waals surface area contributed by atoms with Crippen molar-refractivity contribution in [1.82, 2.24) is 0 Å². The van der Waals surface area contributed by atoms with Crippen molar-refractivity contribution in [3.63, 3.8) is 0 Å². The van der Waals surface area contributed by atoms with Gasteiger partial charge in [0.05, 0.1) is 14.2 Å². The molecule has 82 valence electrons. The maximum Gasteiger partial charge on any atom is 0.159 e. The molecule has 2 aliphatic rings. The van der Waals surface area contributed by atoms with Crippen LogP contribution in [0, 0.1) is 5.92 Å². The molecular weight excluding hydrogens is 192 g/mol. The largest absolute Gasteiger partial charge is 0.497 e. The Morgan fingerprint density at radius 2 is 2.13 bits per heavy atom. The Labute approximate surface area is 89.8 Å². The fourth-order valence-corrected chi connectivity index (χ4v) is 2.35. The van der Waals surface area contributed by atoms with E-state index in [1.807, 2.05) is 6.08 Å². The first-order valence-corrected chi connectivity index (χ1v) is 5.32. The molecule has 0 aromatic rings. The molecule has 1 atom stereocenters. The lowest BCUT2D eigenvalue weighted by Gasteiger charge is -2.29. The van der Waals surface area contributed by atoms with Crippen molar-refractivity contribution in [1.29, 1.82) is 0 Å². The highest BCUT2D eigenvalue weighted by Gasteiger charge is 2.31. The van der Waals surface area contributed by atoms with Crippen LogP contribution >= 0.6 is 0 Å². The molecule has 1 saturated carbocycles. The molecule has 0 radical (unpaired) electrons. The van der Waals surface area contributed by atoms with Crippen LogP contribution in [0.2, 0.25) is 0 Å². The van der Waals surface area contributed by atoms with Crippen molar-refractivity contribution < 1.29 is 14.3 Å². The number of ketones is 1. The van der Waals surface area contributed by atoms with Crippen LogP contribution in [0.1, 0.15) is 25.7 Å². The van der Waals surface area contributed by atoms with E-state index >= 15 is 0 Å². The van der Waals surface area contributed by atoms with Gasteiger partial charge in [-0.15, -0.1) is 0 Å². The zero-order valence-electron chi connectivity index (χ0n) is 9.21. The average molecular weight is 208 g/mol. The molecule has 1 fully saturated rings. The van der Waals surface area contributed by atoms with Gasteiger partial charge in [-0.05, 0) is 24.8 Å². The van der Waals surface area contributed by atoms with Gasteiger partial charge < -0.3 is 9.47 Å². The first-order valence-electron chi connectivity index (χ1n) is 5.32. The van der Waals surface area contributed by atoms with Gasteiger partial charge in [0.15, 0.2) is 11.5 Å². The van der Waals surface area contributed by atoms with Crippen molar-refractivity contribution in [2.75, 3.05) is 14.2 Å². The second-order valence-electron chi connectivity index (χ2n) is 4.01. The van der Waals surface area contributed by atoms with Crippen LogP contribution < -0.4 is 0 Å². The predicted molar refractivity (Wildman–Crippen MR) is 56.1 cm³/mol. The zero-order chi connectivity index (χ0) is 10.8. The molecule has 15 heavy (non-hydrogen) atoms. The zero-order valence-corrected chi connectivity index (χ0v) is 9.21. The Balaban J connectivity index is 2.33. The van der Waals surface area contributed by atoms with Gasteiger partial charge in [0.1, 0.15) is 5.76 Å². The molecule has 0 bridgehead atoms. The summed E-state index contributed by atoms with van der Waals surface area (Å²) in [4.78, 5) is 11.7. The fourth-order valence-electron chi connectivity index (χ4n) is 2.35. The minimum absolute atomic E-state index is 0.274. The Morgan fingerprint density at radius 1 is 1.33 bits per heavy atom. The van der Waals surface area contributed by atoms with E-state index < -0.39 is 0 Å². The highest BCUT2D eigenvalue weighted by atomic mass is 16.5. The molecule has 1 unspecified atom stereocenters. The van der Waals surface area contributed by atoms with Gasteiger partial charge in [-0.3, -0.25) is 4.79 Å². The molecule has 3 heteroatoms. The van der Waals surface area contributed by atoms with Gasteiger partial charge in [0.2, 0.25) is 0 Å². The number of carbonyl (C=O) groups excluding carboxylic acids is 1. The first kappa shape index (κ1) is 10.3. The molecule has 3 nitrogen and oxygen atoms in total. The van der Waals surface area contributed by atoms with Crippen LogP contribution in [0.4, 0.5) is 0 Å². The number of Topliss-reactive ketones (excluding diaryl/α,β-unsaturated/α-hetero) is 1. The molecule has 0 heterocycles. The summed E-state index contributed by atoms with van der Waals surface area (Å²) in [5.41, 5.74) is 0.930. The molecule has 2 rings (SSSR count). The molecule has 0 amide bonds. The van der Waals surface area contributed by atoms with E-state index in [-0.39, 0.29) is 5.78 Å². The van der Waals surface area contributed by atoms with Crippen LogP contribution in [0.25, 0.3) is 0 Å². The van der Waals surface area contributed by atoms with Crippen molar-refractivity contribution in [2.45, 2.75) is 25.7 Å². The number of methoxy groups -OCH3 is 2. The summed E-state index contributed by atoms with van der Waals surface area (Å²) >= 11 is 0. The fraction of sp³-hybridized carbons (Fsp3) is 0.583. The topological polar surface area (TPSA) is 35.5 Å². The Kier molecular flexibility index (Phi) is 2.80. The molecule has 0 saturated heterocycles. The summed E-state index contributed by atoms with van der Waals surface area (Å²) in [6.07, 6.45) is 5.43. The molecule has 0 spiro atoms. The number of allylic oxidation sites excluding steroid dienone is 3. The van der Waals surface area contributed by atoms with Crippen molar-refractivity contribution in [3.05, 3.63) is 23.2 Å². The van der Waals surface area contributed by atoms with Crippen molar-refractivity contribution >= 4 is 5.78 Å². The van der Waals surface area contributed by atoms with Crippen molar-refractivity contribution in [2.24, 2.45) is 5.92 Å². The lowest BCUT2D eigenvalue weighted by molar-refractivity contribution is -0.117. The molecule has 0 aliphatic heterocycles. The Morgan fingerprint density at radius 3 is 2.80 bits per heavy atom. The number of hydrogen-bond donors (Lipinski definition) is 0. The summed E-state index contributed by atoms with van der Waals surface area (Å²) < 4.78 is 10.5. The summed E-state index contributed by atoms with van der Waals surface area (Å²) in [7, 11) is 3.26. The molecule has 0 aromatic carbocycles. The minimum Gasteiger partial charge on any atom is -0.497 e. The highest BCUT2D eigenvalue weighted by Crippen LogP contribution is 2.37. The molecule has 0 aromatic heterocycles. The van der Waals surface area contributed by atoms with Gasteiger partial charge >= 0.3 is 0 Å². The van der Waals surface area contributed by atoms with Crippen molar-refractivity contribution in [3.8, 4) is 0 Å². The maximum atomic E-state index is 11.7. The third-order valence-electron chi connectivity index (χ3n) is 3.18. The van der Waals surface area contributed by atoms with Gasteiger partial charge in [-0.2, -0.15) is 0 Å². The van der Waals surface area contributed by atoms with Gasteiger partial charge in [-0.1, -0.05) is 0 Å². The maximum absolute atomic E-state index is 11.7. The van der Waals surface area contributed by atoms with E-state index in [0.717, 1.165) is 30.6 Å². The van der Waals surface area contributed by atoms with Gasteiger partial charge in [-0.25, -0.2) is 0 Å². The Hall–Kier alpha value is -1.25. The van der Waals surface area contributed by atoms with Gasteiger partial charge in [0, 0.05) is 18.4 Å². The number of rotatable bonds is 2. The standard InChI is InChI=1S/C12H16O3/c1-14-11-6-8-4-3-5-10(13)9(8)7-12(11)15-2/h7-8H,3-6H2,1-2H3. The predicted octanol–water partition coefficient (Wildman–Crippen LogP) is 2.19. The number of ether oxygens (including phenoxy) is 2. The second kappa shape index (κ2) is 4.09. The first-order chi connectivity index (χ1) is 7.26. The molecular formula is C12H16O3. The number of hydrogen-bond acceptors (Lipinski definition) is 3. The summed E-state index contributed by atoms with van der Waals surface area (Å²) in [6, 6.07) is 0. The normalized spacial score (nSPS) is 25.9. The number of fused-ring (bicyclic) bond motifs is 1. The van der Waals surface area contributed by atoms with Gasteiger partial charge in [0.25, 0.3) is 0 Å². The molecule has 0 N–H and O–H groups in total. The lowest BCUT2D eigenvalue weighted by atomic mass is 9.78.